The largest absolute Gasteiger partial charge is 0.497 e. The van der Waals surface area contributed by atoms with Crippen molar-refractivity contribution in [3.05, 3.63) is 77.3 Å². The molecule has 0 aromatic heterocycles. The summed E-state index contributed by atoms with van der Waals surface area (Å²) in [4.78, 5) is 13.0. The molecule has 0 bridgehead atoms. The van der Waals surface area contributed by atoms with Crippen LogP contribution in [-0.2, 0) is 20.0 Å². The number of hydrogen-bond donors (Lipinski definition) is 2. The Morgan fingerprint density at radius 3 is 2.08 bits per heavy atom. The lowest BCUT2D eigenvalue weighted by atomic mass is 10.0. The number of rotatable bonds is 8. The van der Waals surface area contributed by atoms with Gasteiger partial charge in [-0.25, -0.2) is 16.8 Å². The number of sulfonamides is 2. The van der Waals surface area contributed by atoms with Crippen molar-refractivity contribution in [1.29, 1.82) is 0 Å². The zero-order valence-corrected chi connectivity index (χ0v) is 23.2. The molecule has 3 aromatic carbocycles. The lowest BCUT2D eigenvalue weighted by Crippen LogP contribution is -2.37. The highest BCUT2D eigenvalue weighted by molar-refractivity contribution is 7.92. The summed E-state index contributed by atoms with van der Waals surface area (Å²) in [5.41, 5.74) is 0.676. The zero-order valence-electron chi connectivity index (χ0n) is 20.8. The van der Waals surface area contributed by atoms with Crippen molar-refractivity contribution in [2.75, 3.05) is 30.2 Å². The van der Waals surface area contributed by atoms with Crippen LogP contribution in [-0.4, -0.2) is 47.2 Å². The number of nitrogens with one attached hydrogen (secondary N) is 2. The number of benzene rings is 3. The third-order valence-corrected chi connectivity index (χ3v) is 9.95. The molecule has 1 fully saturated rings. The van der Waals surface area contributed by atoms with Gasteiger partial charge < -0.3 is 10.1 Å². The first-order valence-electron chi connectivity index (χ1n) is 11.9. The minimum absolute atomic E-state index is 0.00371. The Labute approximate surface area is 227 Å². The first kappa shape index (κ1) is 27.9. The Kier molecular flexibility index (Phi) is 8.31. The molecule has 38 heavy (non-hydrogen) atoms. The second-order valence-electron chi connectivity index (χ2n) is 9.04. The van der Waals surface area contributed by atoms with Gasteiger partial charge in [-0.15, -0.1) is 0 Å². The van der Waals surface area contributed by atoms with E-state index < -0.39 is 26.0 Å². The number of carbonyl (C=O) groups is 1. The highest BCUT2D eigenvalue weighted by Gasteiger charge is 2.29. The lowest BCUT2D eigenvalue weighted by molar-refractivity contribution is 0.102. The summed E-state index contributed by atoms with van der Waals surface area (Å²) in [5, 5.41) is 2.74. The molecule has 0 aliphatic carbocycles. The van der Waals surface area contributed by atoms with Gasteiger partial charge in [0.25, 0.3) is 15.9 Å². The zero-order chi connectivity index (χ0) is 27.5. The molecule has 9 nitrogen and oxygen atoms in total. The SMILES string of the molecule is COc1ccc(NS(=O)(=O)c2ccc(NC(=O)c3cc(S(=O)(=O)N4CCC(C)CC4)ccc3Cl)cc2)cc1. The summed E-state index contributed by atoms with van der Waals surface area (Å²) in [6, 6.07) is 16.0. The van der Waals surface area contributed by atoms with Gasteiger partial charge in [0.15, 0.2) is 0 Å². The van der Waals surface area contributed by atoms with Crippen LogP contribution >= 0.6 is 11.6 Å². The maximum atomic E-state index is 13.1. The van der Waals surface area contributed by atoms with Crippen molar-refractivity contribution >= 4 is 48.9 Å². The third kappa shape index (κ3) is 6.29. The molecule has 2 N–H and O–H groups in total. The normalized spacial score (nSPS) is 15.1. The number of anilines is 2. The molecule has 1 heterocycles. The van der Waals surface area contributed by atoms with E-state index in [4.69, 9.17) is 16.3 Å². The fourth-order valence-corrected chi connectivity index (χ4v) is 6.76. The van der Waals surface area contributed by atoms with E-state index in [0.717, 1.165) is 12.8 Å². The Bertz CT molecular complexity index is 1520. The molecule has 1 amide bonds. The molecule has 1 saturated heterocycles. The fraction of sp³-hybridized carbons (Fsp3) is 0.269. The first-order chi connectivity index (χ1) is 18.0. The molecular formula is C26H28ClN3O6S2. The van der Waals surface area contributed by atoms with E-state index in [1.165, 1.54) is 53.9 Å². The van der Waals surface area contributed by atoms with Gasteiger partial charge in [0.05, 0.1) is 27.5 Å². The fourth-order valence-electron chi connectivity index (χ4n) is 4.00. The Balaban J connectivity index is 1.47. The van der Waals surface area contributed by atoms with Crippen LogP contribution in [0.4, 0.5) is 11.4 Å². The summed E-state index contributed by atoms with van der Waals surface area (Å²) < 4.78 is 60.7. The number of nitrogens with zero attached hydrogens (tertiary/aromatic N) is 1. The van der Waals surface area contributed by atoms with Gasteiger partial charge in [0.1, 0.15) is 5.75 Å². The second kappa shape index (κ2) is 11.3. The van der Waals surface area contributed by atoms with Crippen LogP contribution in [0.1, 0.15) is 30.1 Å². The number of amides is 1. The van der Waals surface area contributed by atoms with Crippen molar-refractivity contribution in [3.63, 3.8) is 0 Å². The van der Waals surface area contributed by atoms with Crippen molar-refractivity contribution < 1.29 is 26.4 Å². The summed E-state index contributed by atoms with van der Waals surface area (Å²) in [7, 11) is -6.12. The minimum Gasteiger partial charge on any atom is -0.497 e. The average molecular weight is 578 g/mol. The quantitative estimate of drug-likeness (QED) is 0.396. The highest BCUT2D eigenvalue weighted by Crippen LogP contribution is 2.27. The molecule has 3 aromatic rings. The molecule has 202 valence electrons. The van der Waals surface area contributed by atoms with Crippen LogP contribution in [0.2, 0.25) is 5.02 Å². The number of piperidine rings is 1. The summed E-state index contributed by atoms with van der Waals surface area (Å²) in [6.45, 7) is 2.94. The van der Waals surface area contributed by atoms with Gasteiger partial charge >= 0.3 is 0 Å². The highest BCUT2D eigenvalue weighted by atomic mass is 35.5. The number of hydrogen-bond acceptors (Lipinski definition) is 6. The average Bonchev–Trinajstić information content (AvgIpc) is 2.89. The summed E-state index contributed by atoms with van der Waals surface area (Å²) >= 11 is 6.23. The van der Waals surface area contributed by atoms with E-state index in [-0.39, 0.29) is 20.4 Å². The second-order valence-corrected chi connectivity index (χ2v) is 13.1. The number of halogens is 1. The maximum absolute atomic E-state index is 13.1. The molecule has 0 atom stereocenters. The molecule has 0 saturated carbocycles. The number of carbonyl (C=O) groups excluding carboxylic acids is 1. The van der Waals surface area contributed by atoms with Crippen LogP contribution in [0.15, 0.2) is 76.5 Å². The monoisotopic (exact) mass is 577 g/mol. The van der Waals surface area contributed by atoms with E-state index in [0.29, 0.717) is 36.1 Å². The standard InChI is InChI=1S/C26H28ClN3O6S2/c1-18-13-15-30(16-14-18)38(34,35)23-11-12-25(27)24(17-23)26(31)28-19-5-9-22(10-6-19)37(32,33)29-20-3-7-21(36-2)8-4-20/h3-12,17-18,29H,13-16H2,1-2H3,(H,28,31). The molecule has 1 aliphatic heterocycles. The number of ether oxygens (including phenoxy) is 1. The van der Waals surface area contributed by atoms with Crippen LogP contribution in [0.5, 0.6) is 5.75 Å². The van der Waals surface area contributed by atoms with Crippen molar-refractivity contribution in [2.24, 2.45) is 5.92 Å². The molecule has 0 spiro atoms. The molecule has 4 rings (SSSR count). The Morgan fingerprint density at radius 2 is 1.47 bits per heavy atom. The van der Waals surface area contributed by atoms with E-state index in [9.17, 15) is 21.6 Å². The molecule has 0 radical (unpaired) electrons. The van der Waals surface area contributed by atoms with Crippen LogP contribution < -0.4 is 14.8 Å². The van der Waals surface area contributed by atoms with Crippen molar-refractivity contribution in [3.8, 4) is 5.75 Å². The van der Waals surface area contributed by atoms with Gasteiger partial charge in [-0.1, -0.05) is 18.5 Å². The van der Waals surface area contributed by atoms with Crippen LogP contribution in [0.25, 0.3) is 0 Å². The Morgan fingerprint density at radius 1 is 0.895 bits per heavy atom. The predicted molar refractivity (Wildman–Crippen MR) is 147 cm³/mol. The topological polar surface area (TPSA) is 122 Å². The van der Waals surface area contributed by atoms with E-state index in [1.807, 2.05) is 0 Å². The summed E-state index contributed by atoms with van der Waals surface area (Å²) in [5.74, 6) is 0.441. The molecule has 1 aliphatic rings. The van der Waals surface area contributed by atoms with E-state index in [2.05, 4.69) is 17.0 Å². The molecular weight excluding hydrogens is 550 g/mol. The third-order valence-electron chi connectivity index (χ3n) is 6.33. The van der Waals surface area contributed by atoms with Gasteiger partial charge in [-0.2, -0.15) is 4.31 Å². The minimum atomic E-state index is -3.87. The van der Waals surface area contributed by atoms with Gasteiger partial charge in [0, 0.05) is 24.5 Å². The maximum Gasteiger partial charge on any atom is 0.261 e. The summed E-state index contributed by atoms with van der Waals surface area (Å²) in [6.07, 6.45) is 1.56. The Hall–Kier alpha value is -3.12. The number of methoxy groups -OCH3 is 1. The molecule has 0 unspecified atom stereocenters. The van der Waals surface area contributed by atoms with Gasteiger partial charge in [0.2, 0.25) is 10.0 Å². The van der Waals surface area contributed by atoms with Crippen LogP contribution in [0.3, 0.4) is 0 Å². The lowest BCUT2D eigenvalue weighted by Gasteiger charge is -2.29. The van der Waals surface area contributed by atoms with Crippen molar-refractivity contribution in [1.82, 2.24) is 4.31 Å². The predicted octanol–water partition coefficient (Wildman–Crippen LogP) is 4.82. The van der Waals surface area contributed by atoms with E-state index >= 15 is 0 Å². The van der Waals surface area contributed by atoms with E-state index in [1.54, 1.807) is 24.3 Å². The molecule has 12 heteroatoms. The first-order valence-corrected chi connectivity index (χ1v) is 15.2. The van der Waals surface area contributed by atoms with Crippen molar-refractivity contribution in [2.45, 2.75) is 29.6 Å². The van der Waals surface area contributed by atoms with Gasteiger partial charge in [-0.05, 0) is 85.5 Å². The smallest absolute Gasteiger partial charge is 0.261 e. The van der Waals surface area contributed by atoms with Crippen LogP contribution in [0, 0.1) is 5.92 Å². The van der Waals surface area contributed by atoms with Gasteiger partial charge in [-0.3, -0.25) is 9.52 Å².